The van der Waals surface area contributed by atoms with Crippen LogP contribution in [0.3, 0.4) is 0 Å². The van der Waals surface area contributed by atoms with Gasteiger partial charge in [-0.05, 0) is 43.9 Å². The number of halogens is 1. The zero-order chi connectivity index (χ0) is 18.1. The van der Waals surface area contributed by atoms with E-state index in [9.17, 15) is 9.59 Å². The maximum Gasteiger partial charge on any atom is 0.262 e. The number of aromatic nitrogens is 2. The number of ketones is 1. The van der Waals surface area contributed by atoms with Crippen LogP contribution in [0.1, 0.15) is 63.8 Å². The van der Waals surface area contributed by atoms with Gasteiger partial charge in [0.25, 0.3) is 5.56 Å². The Labute approximate surface area is 162 Å². The van der Waals surface area contributed by atoms with Crippen LogP contribution in [0.5, 0.6) is 0 Å². The van der Waals surface area contributed by atoms with Crippen molar-refractivity contribution in [1.29, 1.82) is 0 Å². The van der Waals surface area contributed by atoms with E-state index in [0.717, 1.165) is 44.9 Å². The second kappa shape index (κ2) is 7.73. The van der Waals surface area contributed by atoms with Crippen molar-refractivity contribution in [3.05, 3.63) is 33.6 Å². The van der Waals surface area contributed by atoms with Crippen LogP contribution in [0, 0.1) is 0 Å². The number of hydrogen-bond acceptors (Lipinski definition) is 4. The first-order valence-electron chi connectivity index (χ1n) is 9.54. The number of Topliss-reactive ketones (excluding diaryl/α,β-unsaturated/α-hetero) is 1. The van der Waals surface area contributed by atoms with E-state index in [1.165, 1.54) is 18.2 Å². The average Bonchev–Trinajstić information content (AvgIpc) is 2.64. The predicted octanol–water partition coefficient (Wildman–Crippen LogP) is 5.16. The molecule has 0 saturated heterocycles. The Morgan fingerprint density at radius 1 is 1.04 bits per heavy atom. The molecule has 6 heteroatoms. The minimum absolute atomic E-state index is 0.00400. The molecule has 1 aromatic carbocycles. The largest absolute Gasteiger partial charge is 0.298 e. The van der Waals surface area contributed by atoms with Crippen LogP contribution in [-0.2, 0) is 4.79 Å². The quantitative estimate of drug-likeness (QED) is 0.679. The summed E-state index contributed by atoms with van der Waals surface area (Å²) in [7, 11) is 0. The summed E-state index contributed by atoms with van der Waals surface area (Å²) in [5, 5.41) is 1.79. The van der Waals surface area contributed by atoms with Gasteiger partial charge in [0.2, 0.25) is 0 Å². The molecular weight excluding hydrogens is 368 g/mol. The Bertz CT molecular complexity index is 889. The normalized spacial score (nSPS) is 22.0. The maximum atomic E-state index is 13.3. The topological polar surface area (TPSA) is 52.0 Å². The minimum atomic E-state index is -0.0814. The summed E-state index contributed by atoms with van der Waals surface area (Å²) in [6.45, 7) is 0. The molecule has 0 amide bonds. The fourth-order valence-electron chi connectivity index (χ4n) is 4.10. The monoisotopic (exact) mass is 390 g/mol. The molecule has 0 radical (unpaired) electrons. The lowest BCUT2D eigenvalue weighted by Crippen LogP contribution is -2.30. The van der Waals surface area contributed by atoms with Gasteiger partial charge in [0.05, 0.1) is 16.2 Å². The summed E-state index contributed by atoms with van der Waals surface area (Å²) in [6, 6.07) is 5.45. The van der Waals surface area contributed by atoms with E-state index in [2.05, 4.69) is 0 Å². The van der Waals surface area contributed by atoms with Crippen LogP contribution in [0.15, 0.2) is 28.2 Å². The van der Waals surface area contributed by atoms with E-state index < -0.39 is 0 Å². The Hall–Kier alpha value is -1.33. The number of benzene rings is 1. The van der Waals surface area contributed by atoms with Crippen LogP contribution >= 0.6 is 23.4 Å². The summed E-state index contributed by atoms with van der Waals surface area (Å²) in [5.74, 6) is 0.289. The summed E-state index contributed by atoms with van der Waals surface area (Å²) in [6.07, 6.45) is 9.08. The van der Waals surface area contributed by atoms with E-state index in [1.807, 2.05) is 4.57 Å². The first kappa shape index (κ1) is 18.1. The van der Waals surface area contributed by atoms with E-state index >= 15 is 0 Å². The highest BCUT2D eigenvalue weighted by molar-refractivity contribution is 8.00. The van der Waals surface area contributed by atoms with Crippen molar-refractivity contribution in [2.45, 2.75) is 74.2 Å². The van der Waals surface area contributed by atoms with Gasteiger partial charge in [-0.1, -0.05) is 49.0 Å². The molecule has 1 heterocycles. The Morgan fingerprint density at radius 3 is 2.58 bits per heavy atom. The molecule has 0 bridgehead atoms. The van der Waals surface area contributed by atoms with Gasteiger partial charge < -0.3 is 0 Å². The lowest BCUT2D eigenvalue weighted by Gasteiger charge is -2.28. The number of nitrogens with zero attached hydrogens (tertiary/aromatic N) is 2. The van der Waals surface area contributed by atoms with Crippen molar-refractivity contribution in [3.63, 3.8) is 0 Å². The number of rotatable bonds is 3. The molecule has 1 unspecified atom stereocenters. The van der Waals surface area contributed by atoms with Crippen molar-refractivity contribution in [1.82, 2.24) is 9.55 Å². The predicted molar refractivity (Wildman–Crippen MR) is 106 cm³/mol. The van der Waals surface area contributed by atoms with E-state index in [1.54, 1.807) is 18.2 Å². The van der Waals surface area contributed by atoms with Crippen LogP contribution in [-0.4, -0.2) is 20.6 Å². The molecule has 0 spiro atoms. The molecule has 0 aliphatic heterocycles. The number of carbonyl (C=O) groups is 1. The van der Waals surface area contributed by atoms with Gasteiger partial charge in [0.15, 0.2) is 5.16 Å². The first-order chi connectivity index (χ1) is 12.6. The molecule has 2 aliphatic rings. The molecule has 2 fully saturated rings. The fraction of sp³-hybridized carbons (Fsp3) is 0.550. The number of hydrogen-bond donors (Lipinski definition) is 0. The van der Waals surface area contributed by atoms with Crippen molar-refractivity contribution >= 4 is 40.0 Å². The lowest BCUT2D eigenvalue weighted by atomic mass is 9.95. The molecule has 26 heavy (non-hydrogen) atoms. The van der Waals surface area contributed by atoms with Crippen molar-refractivity contribution < 1.29 is 4.79 Å². The third kappa shape index (κ3) is 3.56. The van der Waals surface area contributed by atoms with Crippen molar-refractivity contribution in [2.75, 3.05) is 0 Å². The molecule has 1 aromatic heterocycles. The second-order valence-electron chi connectivity index (χ2n) is 7.34. The van der Waals surface area contributed by atoms with Crippen LogP contribution in [0.2, 0.25) is 5.02 Å². The highest BCUT2D eigenvalue weighted by atomic mass is 35.5. The van der Waals surface area contributed by atoms with Crippen molar-refractivity contribution in [2.24, 2.45) is 0 Å². The fourth-order valence-corrected chi connectivity index (χ4v) is 5.55. The number of fused-ring (bicyclic) bond motifs is 1. The molecule has 2 saturated carbocycles. The van der Waals surface area contributed by atoms with Crippen LogP contribution in [0.25, 0.3) is 10.9 Å². The van der Waals surface area contributed by atoms with Gasteiger partial charge in [0.1, 0.15) is 5.78 Å². The van der Waals surface area contributed by atoms with Gasteiger partial charge >= 0.3 is 0 Å². The van der Waals surface area contributed by atoms with Gasteiger partial charge in [-0.3, -0.25) is 14.2 Å². The molecule has 4 nitrogen and oxygen atoms in total. The maximum absolute atomic E-state index is 13.3. The summed E-state index contributed by atoms with van der Waals surface area (Å²) in [4.78, 5) is 30.4. The Balaban J connectivity index is 1.81. The highest BCUT2D eigenvalue weighted by Gasteiger charge is 2.28. The minimum Gasteiger partial charge on any atom is -0.298 e. The van der Waals surface area contributed by atoms with Crippen LogP contribution in [0.4, 0.5) is 0 Å². The summed E-state index contributed by atoms with van der Waals surface area (Å²) >= 11 is 7.60. The van der Waals surface area contributed by atoms with E-state index in [-0.39, 0.29) is 22.6 Å². The Kier molecular flexibility index (Phi) is 5.37. The molecular formula is C20H23ClN2O2S. The first-order valence-corrected chi connectivity index (χ1v) is 10.8. The molecule has 138 valence electrons. The molecule has 2 aliphatic carbocycles. The van der Waals surface area contributed by atoms with Gasteiger partial charge in [-0.15, -0.1) is 0 Å². The molecule has 0 N–H and O–H groups in total. The van der Waals surface area contributed by atoms with Crippen LogP contribution < -0.4 is 5.56 Å². The third-order valence-corrected chi connectivity index (χ3v) is 7.03. The van der Waals surface area contributed by atoms with Crippen molar-refractivity contribution in [3.8, 4) is 0 Å². The zero-order valence-corrected chi connectivity index (χ0v) is 16.3. The molecule has 1 atom stereocenters. The number of carbonyl (C=O) groups excluding carboxylic acids is 1. The van der Waals surface area contributed by atoms with E-state index in [4.69, 9.17) is 16.6 Å². The molecule has 2 aromatic rings. The molecule has 4 rings (SSSR count). The standard InChI is InChI=1S/C20H23ClN2O2S/c21-13-10-11-15-16(12-13)22-20(26-18-9-5-4-8-17(18)24)23(19(15)25)14-6-2-1-3-7-14/h10-12,14,18H,1-9H2. The highest BCUT2D eigenvalue weighted by Crippen LogP contribution is 2.35. The summed E-state index contributed by atoms with van der Waals surface area (Å²) in [5.41, 5.74) is 0.629. The average molecular weight is 391 g/mol. The summed E-state index contributed by atoms with van der Waals surface area (Å²) < 4.78 is 1.88. The third-order valence-electron chi connectivity index (χ3n) is 5.52. The lowest BCUT2D eigenvalue weighted by molar-refractivity contribution is -0.119. The van der Waals surface area contributed by atoms with Gasteiger partial charge in [-0.25, -0.2) is 4.98 Å². The zero-order valence-electron chi connectivity index (χ0n) is 14.7. The SMILES string of the molecule is O=C1CCCCC1Sc1nc2cc(Cl)ccc2c(=O)n1C1CCCCC1. The second-order valence-corrected chi connectivity index (χ2v) is 8.95. The van der Waals surface area contributed by atoms with Gasteiger partial charge in [-0.2, -0.15) is 0 Å². The van der Waals surface area contributed by atoms with Gasteiger partial charge in [0, 0.05) is 17.5 Å². The smallest absolute Gasteiger partial charge is 0.262 e. The Morgan fingerprint density at radius 2 is 1.81 bits per heavy atom. The van der Waals surface area contributed by atoms with E-state index in [0.29, 0.717) is 27.5 Å². The number of thioether (sulfide) groups is 1.